The number of hydrogen-bond acceptors (Lipinski definition) is 6. The third-order valence-electron chi connectivity index (χ3n) is 13.3. The zero-order valence-electron chi connectivity index (χ0n) is 44.0. The summed E-state index contributed by atoms with van der Waals surface area (Å²) in [7, 11) is 0. The number of rotatable bonds is 54. The van der Waals surface area contributed by atoms with E-state index in [1.54, 1.807) is 0 Å². The molecular formula is C59H112O6. The highest BCUT2D eigenvalue weighted by molar-refractivity contribution is 5.71. The maximum absolute atomic E-state index is 12.8. The second kappa shape index (κ2) is 54.8. The fraction of sp³-hybridized carbons (Fsp3) is 0.915. The summed E-state index contributed by atoms with van der Waals surface area (Å²) in [5, 5.41) is 0. The summed E-state index contributed by atoms with van der Waals surface area (Å²) < 4.78 is 16.9. The van der Waals surface area contributed by atoms with Crippen LogP contribution in [0.25, 0.3) is 0 Å². The zero-order valence-corrected chi connectivity index (χ0v) is 44.0. The van der Waals surface area contributed by atoms with E-state index in [1.807, 2.05) is 0 Å². The molecule has 0 aliphatic rings. The lowest BCUT2D eigenvalue weighted by Crippen LogP contribution is -2.30. The normalized spacial score (nSPS) is 12.0. The Balaban J connectivity index is 4.28. The second-order valence-corrected chi connectivity index (χ2v) is 19.9. The quantitative estimate of drug-likeness (QED) is 0.0262. The summed E-state index contributed by atoms with van der Waals surface area (Å²) in [5.41, 5.74) is 0. The maximum Gasteiger partial charge on any atom is 0.306 e. The van der Waals surface area contributed by atoms with Gasteiger partial charge in [-0.3, -0.25) is 14.4 Å². The Bertz CT molecular complexity index is 1010. The number of esters is 3. The van der Waals surface area contributed by atoms with Gasteiger partial charge in [0.15, 0.2) is 6.10 Å². The fourth-order valence-electron chi connectivity index (χ4n) is 8.85. The summed E-state index contributed by atoms with van der Waals surface area (Å²) in [6.07, 6.45) is 62.0. The van der Waals surface area contributed by atoms with Crippen LogP contribution in [0.4, 0.5) is 0 Å². The van der Waals surface area contributed by atoms with E-state index in [1.165, 1.54) is 225 Å². The number of carbonyl (C=O) groups is 3. The minimum atomic E-state index is -0.767. The second-order valence-electron chi connectivity index (χ2n) is 19.9. The number of unbranched alkanes of at least 4 members (excludes halogenated alkanes) is 41. The Hall–Kier alpha value is -1.85. The van der Waals surface area contributed by atoms with Crippen molar-refractivity contribution in [3.05, 3.63) is 12.2 Å². The van der Waals surface area contributed by atoms with Crippen LogP contribution in [0, 0.1) is 0 Å². The highest BCUT2D eigenvalue weighted by Crippen LogP contribution is 2.17. The van der Waals surface area contributed by atoms with E-state index < -0.39 is 6.10 Å². The highest BCUT2D eigenvalue weighted by Gasteiger charge is 2.19. The molecule has 0 amide bonds. The van der Waals surface area contributed by atoms with Gasteiger partial charge in [0.2, 0.25) is 0 Å². The van der Waals surface area contributed by atoms with Crippen molar-refractivity contribution in [1.29, 1.82) is 0 Å². The molecule has 6 heteroatoms. The van der Waals surface area contributed by atoms with Gasteiger partial charge in [-0.15, -0.1) is 0 Å². The predicted octanol–water partition coefficient (Wildman–Crippen LogP) is 19.3. The van der Waals surface area contributed by atoms with E-state index >= 15 is 0 Å². The van der Waals surface area contributed by atoms with Crippen LogP contribution in [0.1, 0.15) is 329 Å². The predicted molar refractivity (Wildman–Crippen MR) is 280 cm³/mol. The van der Waals surface area contributed by atoms with Crippen molar-refractivity contribution in [2.75, 3.05) is 13.2 Å². The molecule has 0 saturated heterocycles. The van der Waals surface area contributed by atoms with Gasteiger partial charge in [-0.25, -0.2) is 0 Å². The first-order valence-corrected chi connectivity index (χ1v) is 29.2. The molecule has 0 N–H and O–H groups in total. The van der Waals surface area contributed by atoms with Gasteiger partial charge in [-0.1, -0.05) is 277 Å². The summed E-state index contributed by atoms with van der Waals surface area (Å²) in [4.78, 5) is 38.1. The van der Waals surface area contributed by atoms with Crippen LogP contribution in [-0.2, 0) is 28.6 Å². The van der Waals surface area contributed by atoms with Crippen molar-refractivity contribution in [1.82, 2.24) is 0 Å². The molecule has 1 atom stereocenters. The van der Waals surface area contributed by atoms with Crippen molar-refractivity contribution in [2.45, 2.75) is 335 Å². The molecule has 0 bridgehead atoms. The molecule has 0 saturated carbocycles. The average Bonchev–Trinajstić information content (AvgIpc) is 3.30. The van der Waals surface area contributed by atoms with Crippen LogP contribution >= 0.6 is 0 Å². The number of allylic oxidation sites excluding steroid dienone is 2. The van der Waals surface area contributed by atoms with E-state index in [0.29, 0.717) is 19.3 Å². The first-order chi connectivity index (χ1) is 32.0. The van der Waals surface area contributed by atoms with Gasteiger partial charge < -0.3 is 14.2 Å². The Morgan fingerprint density at radius 3 is 0.769 bits per heavy atom. The van der Waals surface area contributed by atoms with Gasteiger partial charge in [-0.2, -0.15) is 0 Å². The van der Waals surface area contributed by atoms with Gasteiger partial charge in [0, 0.05) is 19.3 Å². The fourth-order valence-corrected chi connectivity index (χ4v) is 8.85. The summed E-state index contributed by atoms with van der Waals surface area (Å²) in [6.45, 7) is 6.68. The molecule has 0 unspecified atom stereocenters. The van der Waals surface area contributed by atoms with E-state index in [4.69, 9.17) is 14.2 Å². The third kappa shape index (κ3) is 53.0. The van der Waals surface area contributed by atoms with Gasteiger partial charge >= 0.3 is 17.9 Å². The molecule has 384 valence electrons. The Morgan fingerprint density at radius 1 is 0.292 bits per heavy atom. The zero-order chi connectivity index (χ0) is 47.2. The molecule has 0 aliphatic carbocycles. The average molecular weight is 918 g/mol. The van der Waals surface area contributed by atoms with Gasteiger partial charge in [0.1, 0.15) is 13.2 Å². The van der Waals surface area contributed by atoms with Crippen molar-refractivity contribution in [3.63, 3.8) is 0 Å². The van der Waals surface area contributed by atoms with Crippen LogP contribution in [-0.4, -0.2) is 37.2 Å². The van der Waals surface area contributed by atoms with Crippen molar-refractivity contribution >= 4 is 17.9 Å². The molecule has 0 aromatic rings. The van der Waals surface area contributed by atoms with Gasteiger partial charge in [-0.05, 0) is 44.9 Å². The molecule has 0 aromatic heterocycles. The van der Waals surface area contributed by atoms with E-state index in [-0.39, 0.29) is 31.1 Å². The van der Waals surface area contributed by atoms with Crippen molar-refractivity contribution in [3.8, 4) is 0 Å². The molecule has 0 fully saturated rings. The smallest absolute Gasteiger partial charge is 0.306 e. The summed E-state index contributed by atoms with van der Waals surface area (Å²) in [5.74, 6) is -0.851. The Kier molecular flexibility index (Phi) is 53.2. The molecule has 0 rings (SSSR count). The molecule has 0 aliphatic heterocycles. The first kappa shape index (κ1) is 63.1. The molecule has 0 heterocycles. The van der Waals surface area contributed by atoms with Crippen LogP contribution < -0.4 is 0 Å². The number of hydrogen-bond donors (Lipinski definition) is 0. The SMILES string of the molecule is CCCCCCCC/C=C\CCCCCCCC(=O)OC[C@H](COC(=O)CCCCCCCCCCCCCCCCCCCCC)OC(=O)CCCCCCCCCCCCCCC. The van der Waals surface area contributed by atoms with Crippen molar-refractivity contribution < 1.29 is 28.6 Å². The van der Waals surface area contributed by atoms with Gasteiger partial charge in [0.05, 0.1) is 0 Å². The van der Waals surface area contributed by atoms with Crippen LogP contribution in [0.2, 0.25) is 0 Å². The Morgan fingerprint density at radius 2 is 0.508 bits per heavy atom. The van der Waals surface area contributed by atoms with Crippen LogP contribution in [0.3, 0.4) is 0 Å². The first-order valence-electron chi connectivity index (χ1n) is 29.2. The summed E-state index contributed by atoms with van der Waals surface area (Å²) in [6, 6.07) is 0. The molecule has 0 spiro atoms. The minimum Gasteiger partial charge on any atom is -0.462 e. The largest absolute Gasteiger partial charge is 0.462 e. The monoisotopic (exact) mass is 917 g/mol. The lowest BCUT2D eigenvalue weighted by molar-refractivity contribution is -0.167. The highest BCUT2D eigenvalue weighted by atomic mass is 16.6. The molecule has 0 radical (unpaired) electrons. The van der Waals surface area contributed by atoms with Gasteiger partial charge in [0.25, 0.3) is 0 Å². The van der Waals surface area contributed by atoms with Crippen LogP contribution in [0.5, 0.6) is 0 Å². The number of ether oxygens (including phenoxy) is 3. The van der Waals surface area contributed by atoms with Crippen molar-refractivity contribution in [2.24, 2.45) is 0 Å². The standard InChI is InChI=1S/C59H112O6/c1-4-7-10-13-16-19-22-25-27-28-29-30-32-35-37-40-43-46-49-52-58(61)64-55-56(65-59(62)53-50-47-44-41-38-33-24-21-18-15-12-9-6-3)54-63-57(60)51-48-45-42-39-36-34-31-26-23-20-17-14-11-8-5-2/h26,31,56H,4-25,27-30,32-55H2,1-3H3/b31-26-/t56-/m1/s1. The lowest BCUT2D eigenvalue weighted by atomic mass is 10.0. The molecule has 65 heavy (non-hydrogen) atoms. The topological polar surface area (TPSA) is 78.9 Å². The summed E-state index contributed by atoms with van der Waals surface area (Å²) >= 11 is 0. The van der Waals surface area contributed by atoms with Crippen LogP contribution in [0.15, 0.2) is 12.2 Å². The molecule has 6 nitrogen and oxygen atoms in total. The van der Waals surface area contributed by atoms with E-state index in [0.717, 1.165) is 64.2 Å². The maximum atomic E-state index is 12.8. The lowest BCUT2D eigenvalue weighted by Gasteiger charge is -2.18. The Labute approximate surface area is 405 Å². The minimum absolute atomic E-state index is 0.0665. The third-order valence-corrected chi connectivity index (χ3v) is 13.3. The van der Waals surface area contributed by atoms with E-state index in [9.17, 15) is 14.4 Å². The molecule has 0 aromatic carbocycles. The molecular weight excluding hydrogens is 805 g/mol. The number of carbonyl (C=O) groups excluding carboxylic acids is 3. The van der Waals surface area contributed by atoms with E-state index in [2.05, 4.69) is 32.9 Å².